The Morgan fingerprint density at radius 3 is 1.24 bits per heavy atom. The van der Waals surface area contributed by atoms with Gasteiger partial charge in [-0.3, -0.25) is 0 Å². The van der Waals surface area contributed by atoms with Crippen LogP contribution in [0.5, 0.6) is 0 Å². The molecule has 0 spiro atoms. The zero-order valence-corrected chi connectivity index (χ0v) is 41.4. The molecule has 16 heteroatoms. The van der Waals surface area contributed by atoms with Crippen LogP contribution in [0, 0.1) is 0 Å². The van der Waals surface area contributed by atoms with Crippen LogP contribution in [0.15, 0.2) is 132 Å². The maximum atomic E-state index is 12.7. The van der Waals surface area contributed by atoms with Gasteiger partial charge in [-0.25, -0.2) is 29.1 Å². The minimum Gasteiger partial charge on any atom is -0.478 e. The van der Waals surface area contributed by atoms with Gasteiger partial charge >= 0.3 is 23.9 Å². The summed E-state index contributed by atoms with van der Waals surface area (Å²) in [6.07, 6.45) is 0. The molecule has 0 radical (unpaired) electrons. The third-order valence-corrected chi connectivity index (χ3v) is 13.3. The molecule has 8 rings (SSSR count). The predicted molar refractivity (Wildman–Crippen MR) is 272 cm³/mol. The van der Waals surface area contributed by atoms with Gasteiger partial charge in [-0.15, -0.1) is 22.7 Å². The monoisotopic (exact) mass is 1020 g/mol. The van der Waals surface area contributed by atoms with Crippen molar-refractivity contribution in [1.82, 2.24) is 9.97 Å². The Hall–Kier alpha value is -6.38. The van der Waals surface area contributed by atoms with Crippen LogP contribution < -0.4 is 0 Å². The van der Waals surface area contributed by atoms with Gasteiger partial charge in [0, 0.05) is 33.0 Å². The number of methoxy groups -OCH3 is 2. The topological polar surface area (TPSA) is 142 Å². The van der Waals surface area contributed by atoms with Crippen molar-refractivity contribution in [2.75, 3.05) is 14.2 Å². The fourth-order valence-electron chi connectivity index (χ4n) is 6.72. The maximum absolute atomic E-state index is 12.7. The Balaban J connectivity index is 0.000000203. The van der Waals surface area contributed by atoms with Gasteiger partial charge in [-0.2, -0.15) is 0 Å². The van der Waals surface area contributed by atoms with Crippen LogP contribution in [-0.4, -0.2) is 58.8 Å². The summed E-state index contributed by atoms with van der Waals surface area (Å²) in [4.78, 5) is 58.1. The summed E-state index contributed by atoms with van der Waals surface area (Å²) in [6, 6.07) is 34.9. The van der Waals surface area contributed by atoms with Gasteiger partial charge in [0.15, 0.2) is 0 Å². The molecule has 0 aliphatic carbocycles. The first kappa shape index (κ1) is 49.5. The van der Waals surface area contributed by atoms with E-state index in [1.165, 1.54) is 49.0 Å². The van der Waals surface area contributed by atoms with E-state index in [1.807, 2.05) is 61.9 Å². The van der Waals surface area contributed by atoms with E-state index in [1.54, 1.807) is 78.9 Å². The summed E-state index contributed by atoms with van der Waals surface area (Å²) in [6.45, 7) is 5.46. The van der Waals surface area contributed by atoms with E-state index in [9.17, 15) is 19.2 Å². The van der Waals surface area contributed by atoms with Gasteiger partial charge in [0.05, 0.1) is 68.0 Å². The first-order valence-electron chi connectivity index (χ1n) is 20.4. The van der Waals surface area contributed by atoms with Gasteiger partial charge in [-0.05, 0) is 104 Å². The number of hydrogen-bond donors (Lipinski definition) is 1. The number of thiazole rings is 2. The standard InChI is InChI=1S/C28H23Cl2NO4S.C24H15Cl2NO4S/c1-28(2,3)35-26(32)17-7-5-16(6-8-17)20-11-9-19(13-21(20)27(33)34-4)25-31-24(15-36-25)18-10-12-22(29)23(30)14-18;1-31-24(30)18-10-16(6-8-17(18)13-2-4-14(5-3-13)23(28)29)22-27-21(12-32-22)15-7-9-19(25)20(26)11-15/h5-15H,1-4H3;2-12H,1H3,(H,28,29). The molecular formula is C52H38Cl4N2O8S2. The Morgan fingerprint density at radius 1 is 0.485 bits per heavy atom. The smallest absolute Gasteiger partial charge is 0.338 e. The molecule has 0 saturated heterocycles. The lowest BCUT2D eigenvalue weighted by Gasteiger charge is -2.19. The minimum absolute atomic E-state index is 0.169. The average molecular weight is 1020 g/mol. The van der Waals surface area contributed by atoms with E-state index in [0.29, 0.717) is 53.5 Å². The van der Waals surface area contributed by atoms with Crippen molar-refractivity contribution in [2.45, 2.75) is 26.4 Å². The summed E-state index contributed by atoms with van der Waals surface area (Å²) >= 11 is 27.2. The molecule has 0 fully saturated rings. The molecule has 10 nitrogen and oxygen atoms in total. The molecule has 0 atom stereocenters. The fraction of sp³-hybridized carbons (Fsp3) is 0.115. The number of carboxylic acid groups (broad SMARTS) is 1. The molecule has 8 aromatic rings. The molecule has 1 N–H and O–H groups in total. The van der Waals surface area contributed by atoms with Gasteiger partial charge < -0.3 is 19.3 Å². The Morgan fingerprint density at radius 2 is 0.868 bits per heavy atom. The molecular weight excluding hydrogens is 987 g/mol. The first-order valence-corrected chi connectivity index (χ1v) is 23.6. The van der Waals surface area contributed by atoms with E-state index >= 15 is 0 Å². The molecule has 68 heavy (non-hydrogen) atoms. The van der Waals surface area contributed by atoms with Crippen LogP contribution in [0.4, 0.5) is 0 Å². The number of nitrogens with zero attached hydrogens (tertiary/aromatic N) is 2. The van der Waals surface area contributed by atoms with Crippen molar-refractivity contribution < 1.29 is 38.5 Å². The van der Waals surface area contributed by atoms with Crippen LogP contribution in [0.3, 0.4) is 0 Å². The lowest BCUT2D eigenvalue weighted by molar-refractivity contribution is 0.00688. The minimum atomic E-state index is -1.01. The fourth-order valence-corrected chi connectivity index (χ4v) is 8.97. The van der Waals surface area contributed by atoms with Crippen LogP contribution in [0.25, 0.3) is 65.9 Å². The number of hydrogen-bond acceptors (Lipinski definition) is 11. The predicted octanol–water partition coefficient (Wildman–Crippen LogP) is 15.1. The van der Waals surface area contributed by atoms with Crippen molar-refractivity contribution in [3.63, 3.8) is 0 Å². The molecule has 0 unspecified atom stereocenters. The molecule has 0 saturated carbocycles. The van der Waals surface area contributed by atoms with Crippen molar-refractivity contribution in [2.24, 2.45) is 0 Å². The number of esters is 3. The van der Waals surface area contributed by atoms with Crippen LogP contribution in [-0.2, 0) is 14.2 Å². The highest BCUT2D eigenvalue weighted by atomic mass is 35.5. The highest BCUT2D eigenvalue weighted by Gasteiger charge is 2.21. The molecule has 0 amide bonds. The molecule has 6 aromatic carbocycles. The third kappa shape index (κ3) is 11.6. The van der Waals surface area contributed by atoms with Crippen LogP contribution in [0.2, 0.25) is 20.1 Å². The van der Waals surface area contributed by atoms with Gasteiger partial charge in [0.1, 0.15) is 15.6 Å². The maximum Gasteiger partial charge on any atom is 0.338 e. The van der Waals surface area contributed by atoms with E-state index in [4.69, 9.17) is 70.7 Å². The lowest BCUT2D eigenvalue weighted by atomic mass is 9.96. The quantitative estimate of drug-likeness (QED) is 0.104. The third-order valence-electron chi connectivity index (χ3n) is 10.1. The molecule has 344 valence electrons. The first-order chi connectivity index (χ1) is 32.4. The van der Waals surface area contributed by atoms with Gasteiger partial charge in [0.2, 0.25) is 0 Å². The number of ether oxygens (including phenoxy) is 3. The normalized spacial score (nSPS) is 11.0. The van der Waals surface area contributed by atoms with Crippen LogP contribution >= 0.6 is 69.1 Å². The summed E-state index contributed by atoms with van der Waals surface area (Å²) in [5.41, 5.74) is 8.30. The zero-order valence-electron chi connectivity index (χ0n) is 36.7. The number of carbonyl (C=O) groups excluding carboxylic acids is 3. The average Bonchev–Trinajstić information content (AvgIpc) is 4.04. The second-order valence-electron chi connectivity index (χ2n) is 15.8. The van der Waals surface area contributed by atoms with Gasteiger partial charge in [0.25, 0.3) is 0 Å². The summed E-state index contributed by atoms with van der Waals surface area (Å²) < 4.78 is 15.4. The molecule has 2 aromatic heterocycles. The summed E-state index contributed by atoms with van der Waals surface area (Å²) in [5.74, 6) is -2.38. The van der Waals surface area contributed by atoms with Crippen LogP contribution in [0.1, 0.15) is 62.2 Å². The number of carbonyl (C=O) groups is 4. The SMILES string of the molecule is COC(=O)c1cc(-c2nc(-c3ccc(Cl)c(Cl)c3)cs2)ccc1-c1ccc(C(=O)O)cc1.COC(=O)c1cc(-c2nc(-c3ccc(Cl)c(Cl)c3)cs2)ccc1-c1ccc(C(=O)OC(C)(C)C)cc1. The molecule has 0 bridgehead atoms. The number of aromatic carboxylic acids is 1. The summed E-state index contributed by atoms with van der Waals surface area (Å²) in [7, 11) is 2.66. The number of halogens is 4. The lowest BCUT2D eigenvalue weighted by Crippen LogP contribution is -2.23. The van der Waals surface area contributed by atoms with E-state index in [0.717, 1.165) is 49.2 Å². The Bertz CT molecular complexity index is 3200. The van der Waals surface area contributed by atoms with E-state index in [2.05, 4.69) is 4.98 Å². The molecule has 2 heterocycles. The largest absolute Gasteiger partial charge is 0.478 e. The Labute approximate surface area is 419 Å². The highest BCUT2D eigenvalue weighted by molar-refractivity contribution is 7.13. The second kappa shape index (κ2) is 21.3. The van der Waals surface area contributed by atoms with Crippen molar-refractivity contribution >= 4 is 93.0 Å². The molecule has 0 aliphatic rings. The van der Waals surface area contributed by atoms with Crippen molar-refractivity contribution in [3.8, 4) is 65.9 Å². The van der Waals surface area contributed by atoms with Gasteiger partial charge in [-0.1, -0.05) is 107 Å². The van der Waals surface area contributed by atoms with Crippen molar-refractivity contribution in [1.29, 1.82) is 0 Å². The van der Waals surface area contributed by atoms with Crippen molar-refractivity contribution in [3.05, 3.63) is 174 Å². The number of aromatic nitrogens is 2. The second-order valence-corrected chi connectivity index (χ2v) is 19.1. The Kier molecular flexibility index (Phi) is 15.5. The zero-order chi connectivity index (χ0) is 48.9. The highest BCUT2D eigenvalue weighted by Crippen LogP contribution is 2.37. The summed E-state index contributed by atoms with van der Waals surface area (Å²) in [5, 5.41) is 16.3. The number of benzene rings is 6. The number of carboxylic acids is 1. The van der Waals surface area contributed by atoms with E-state index < -0.39 is 29.5 Å². The molecule has 0 aliphatic heterocycles. The van der Waals surface area contributed by atoms with E-state index in [-0.39, 0.29) is 5.56 Å². The number of rotatable bonds is 10.